The molecule has 4 nitrogen and oxygen atoms in total. The van der Waals surface area contributed by atoms with Crippen LogP contribution < -0.4 is 5.56 Å². The Kier molecular flexibility index (Phi) is 4.26. The van der Waals surface area contributed by atoms with Gasteiger partial charge in [-0.15, -0.1) is 0 Å². The normalized spacial score (nSPS) is 14.1. The summed E-state index contributed by atoms with van der Waals surface area (Å²) in [5.41, 5.74) is 1.89. The van der Waals surface area contributed by atoms with E-state index in [-0.39, 0.29) is 17.6 Å². The molecule has 4 heteroatoms. The van der Waals surface area contributed by atoms with Crippen LogP contribution in [0, 0.1) is 0 Å². The lowest BCUT2D eigenvalue weighted by molar-refractivity contribution is 0.192. The van der Waals surface area contributed by atoms with Crippen molar-refractivity contribution in [3.05, 3.63) is 76.3 Å². The lowest BCUT2D eigenvalue weighted by Gasteiger charge is -2.30. The van der Waals surface area contributed by atoms with E-state index in [1.807, 2.05) is 36.4 Å². The van der Waals surface area contributed by atoms with E-state index in [1.165, 1.54) is 5.56 Å². The Balaban J connectivity index is 1.93. The van der Waals surface area contributed by atoms with Crippen molar-refractivity contribution >= 4 is 10.9 Å². The van der Waals surface area contributed by atoms with Crippen LogP contribution in [0.5, 0.6) is 0 Å². The van der Waals surface area contributed by atoms with Crippen molar-refractivity contribution in [2.45, 2.75) is 25.9 Å². The summed E-state index contributed by atoms with van der Waals surface area (Å²) in [4.78, 5) is 22.0. The SMILES string of the molecule is C[C@H](c1ccccc1)N(C)[C@H](C)c1nc2ccccc2c(=O)[nH]1. The topological polar surface area (TPSA) is 49.0 Å². The van der Waals surface area contributed by atoms with Crippen LogP contribution >= 0.6 is 0 Å². The zero-order chi connectivity index (χ0) is 16.4. The number of hydrogen-bond acceptors (Lipinski definition) is 3. The molecular weight excluding hydrogens is 286 g/mol. The summed E-state index contributed by atoms with van der Waals surface area (Å²) in [6.07, 6.45) is 0. The standard InChI is InChI=1S/C19H21N3O/c1-13(15-9-5-4-6-10-15)22(3)14(2)18-20-17-12-8-7-11-16(17)19(23)21-18/h4-14H,1-3H3,(H,20,21,23)/t13-,14-/m1/s1. The molecule has 1 aromatic heterocycles. The first-order chi connectivity index (χ1) is 11.1. The molecule has 2 aromatic carbocycles. The van der Waals surface area contributed by atoms with Crippen LogP contribution in [-0.2, 0) is 0 Å². The maximum atomic E-state index is 12.3. The maximum Gasteiger partial charge on any atom is 0.258 e. The van der Waals surface area contributed by atoms with Gasteiger partial charge >= 0.3 is 0 Å². The van der Waals surface area contributed by atoms with Gasteiger partial charge in [0.1, 0.15) is 5.82 Å². The molecule has 0 fully saturated rings. The quantitative estimate of drug-likeness (QED) is 0.800. The molecule has 0 aliphatic heterocycles. The van der Waals surface area contributed by atoms with E-state index in [2.05, 4.69) is 47.9 Å². The number of para-hydroxylation sites is 1. The van der Waals surface area contributed by atoms with Gasteiger partial charge in [0.25, 0.3) is 5.56 Å². The van der Waals surface area contributed by atoms with Crippen molar-refractivity contribution in [3.8, 4) is 0 Å². The molecule has 0 unspecified atom stereocenters. The van der Waals surface area contributed by atoms with Gasteiger partial charge in [-0.25, -0.2) is 4.98 Å². The van der Waals surface area contributed by atoms with E-state index in [9.17, 15) is 4.79 Å². The molecule has 3 aromatic rings. The molecule has 0 spiro atoms. The zero-order valence-corrected chi connectivity index (χ0v) is 13.7. The Morgan fingerprint density at radius 2 is 1.61 bits per heavy atom. The second-order valence-corrected chi connectivity index (χ2v) is 5.90. The summed E-state index contributed by atoms with van der Waals surface area (Å²) in [5.74, 6) is 0.694. The summed E-state index contributed by atoms with van der Waals surface area (Å²) in [5, 5.41) is 0.627. The van der Waals surface area contributed by atoms with Gasteiger partial charge in [0, 0.05) is 6.04 Å². The smallest absolute Gasteiger partial charge is 0.258 e. The lowest BCUT2D eigenvalue weighted by atomic mass is 10.1. The average molecular weight is 307 g/mol. The zero-order valence-electron chi connectivity index (χ0n) is 13.7. The largest absolute Gasteiger partial charge is 0.309 e. The fourth-order valence-corrected chi connectivity index (χ4v) is 2.80. The van der Waals surface area contributed by atoms with E-state index in [0.717, 1.165) is 5.52 Å². The summed E-state index contributed by atoms with van der Waals surface area (Å²) in [7, 11) is 2.05. The van der Waals surface area contributed by atoms with Gasteiger partial charge in [-0.3, -0.25) is 9.69 Å². The minimum atomic E-state index is -0.0850. The Morgan fingerprint density at radius 1 is 0.957 bits per heavy atom. The number of benzene rings is 2. The molecule has 0 amide bonds. The third kappa shape index (κ3) is 3.03. The Labute approximate surface area is 135 Å². The van der Waals surface area contributed by atoms with Crippen LogP contribution in [0.3, 0.4) is 0 Å². The fourth-order valence-electron chi connectivity index (χ4n) is 2.80. The van der Waals surface area contributed by atoms with Crippen LogP contribution in [0.15, 0.2) is 59.4 Å². The summed E-state index contributed by atoms with van der Waals surface area (Å²) in [6, 6.07) is 18.0. The van der Waals surface area contributed by atoms with Crippen molar-refractivity contribution in [1.29, 1.82) is 0 Å². The van der Waals surface area contributed by atoms with Crippen LogP contribution in [0.4, 0.5) is 0 Å². The number of aromatic nitrogens is 2. The summed E-state index contributed by atoms with van der Waals surface area (Å²) in [6.45, 7) is 4.22. The van der Waals surface area contributed by atoms with Crippen molar-refractivity contribution in [3.63, 3.8) is 0 Å². The fraction of sp³-hybridized carbons (Fsp3) is 0.263. The van der Waals surface area contributed by atoms with Gasteiger partial charge in [-0.1, -0.05) is 42.5 Å². The first-order valence-electron chi connectivity index (χ1n) is 7.84. The minimum Gasteiger partial charge on any atom is -0.309 e. The number of aromatic amines is 1. The van der Waals surface area contributed by atoms with E-state index in [1.54, 1.807) is 6.07 Å². The minimum absolute atomic E-state index is 0.00233. The molecule has 118 valence electrons. The predicted octanol–water partition coefficient (Wildman–Crippen LogP) is 3.68. The molecule has 0 aliphatic carbocycles. The van der Waals surface area contributed by atoms with Crippen molar-refractivity contribution in [2.24, 2.45) is 0 Å². The molecule has 0 aliphatic rings. The van der Waals surface area contributed by atoms with Gasteiger partial charge in [0.05, 0.1) is 16.9 Å². The number of fused-ring (bicyclic) bond motifs is 1. The van der Waals surface area contributed by atoms with Gasteiger partial charge < -0.3 is 4.98 Å². The second-order valence-electron chi connectivity index (χ2n) is 5.90. The van der Waals surface area contributed by atoms with E-state index in [0.29, 0.717) is 11.2 Å². The molecule has 2 atom stereocenters. The summed E-state index contributed by atoms with van der Waals surface area (Å²) >= 11 is 0. The number of nitrogens with zero attached hydrogens (tertiary/aromatic N) is 2. The summed E-state index contributed by atoms with van der Waals surface area (Å²) < 4.78 is 0. The van der Waals surface area contributed by atoms with Crippen molar-refractivity contribution in [2.75, 3.05) is 7.05 Å². The Bertz CT molecular complexity index is 857. The van der Waals surface area contributed by atoms with Crippen LogP contribution in [-0.4, -0.2) is 21.9 Å². The maximum absolute atomic E-state index is 12.3. The highest BCUT2D eigenvalue weighted by Gasteiger charge is 2.21. The number of rotatable bonds is 4. The lowest BCUT2D eigenvalue weighted by Crippen LogP contribution is -2.28. The molecule has 0 saturated carbocycles. The molecule has 0 saturated heterocycles. The second kappa shape index (κ2) is 6.34. The van der Waals surface area contributed by atoms with E-state index < -0.39 is 0 Å². The van der Waals surface area contributed by atoms with Gasteiger partial charge in [-0.05, 0) is 38.6 Å². The van der Waals surface area contributed by atoms with E-state index in [4.69, 9.17) is 0 Å². The number of nitrogens with one attached hydrogen (secondary N) is 1. The van der Waals surface area contributed by atoms with Gasteiger partial charge in [0.15, 0.2) is 0 Å². The van der Waals surface area contributed by atoms with Crippen LogP contribution in [0.25, 0.3) is 10.9 Å². The molecular formula is C19H21N3O. The highest BCUT2D eigenvalue weighted by molar-refractivity contribution is 5.77. The van der Waals surface area contributed by atoms with Crippen LogP contribution in [0.2, 0.25) is 0 Å². The molecule has 1 N–H and O–H groups in total. The predicted molar refractivity (Wildman–Crippen MR) is 93.4 cm³/mol. The Morgan fingerprint density at radius 3 is 2.35 bits per heavy atom. The third-order valence-corrected chi connectivity index (χ3v) is 4.53. The van der Waals surface area contributed by atoms with Crippen LogP contribution in [0.1, 0.15) is 37.3 Å². The van der Waals surface area contributed by atoms with Crippen molar-refractivity contribution in [1.82, 2.24) is 14.9 Å². The molecule has 3 rings (SSSR count). The van der Waals surface area contributed by atoms with E-state index >= 15 is 0 Å². The molecule has 0 radical (unpaired) electrons. The highest BCUT2D eigenvalue weighted by atomic mass is 16.1. The average Bonchev–Trinajstić information content (AvgIpc) is 2.60. The number of H-pyrrole nitrogens is 1. The van der Waals surface area contributed by atoms with Gasteiger partial charge in [-0.2, -0.15) is 0 Å². The Hall–Kier alpha value is -2.46. The number of hydrogen-bond donors (Lipinski definition) is 1. The van der Waals surface area contributed by atoms with Gasteiger partial charge in [0.2, 0.25) is 0 Å². The molecule has 1 heterocycles. The monoisotopic (exact) mass is 307 g/mol. The van der Waals surface area contributed by atoms with Crippen molar-refractivity contribution < 1.29 is 0 Å². The molecule has 0 bridgehead atoms. The first kappa shape index (κ1) is 15.4. The highest BCUT2D eigenvalue weighted by Crippen LogP contribution is 2.26. The molecule has 23 heavy (non-hydrogen) atoms. The third-order valence-electron chi connectivity index (χ3n) is 4.53. The first-order valence-corrected chi connectivity index (χ1v) is 7.84.